The first-order valence-corrected chi connectivity index (χ1v) is 5.77. The lowest BCUT2D eigenvalue weighted by molar-refractivity contribution is 0.419. The van der Waals surface area contributed by atoms with Gasteiger partial charge in [0, 0.05) is 16.6 Å². The average Bonchev–Trinajstić information content (AvgIpc) is 2.27. The first-order chi connectivity index (χ1) is 8.04. The highest BCUT2D eigenvalue weighted by Crippen LogP contribution is 2.32. The zero-order chi connectivity index (χ0) is 12.6. The van der Waals surface area contributed by atoms with Crippen molar-refractivity contribution in [3.05, 3.63) is 34.5 Å². The minimum Gasteiger partial charge on any atom is -0.494 e. The monoisotopic (exact) mass is 266 g/mol. The van der Waals surface area contributed by atoms with Crippen LogP contribution in [0, 0.1) is 6.92 Å². The normalized spacial score (nSPS) is 10.5. The predicted octanol–water partition coefficient (Wildman–Crippen LogP) is 2.84. The van der Waals surface area contributed by atoms with Crippen molar-refractivity contribution in [2.45, 2.75) is 6.92 Å². The molecular formula is C12H11ClN2OS. The van der Waals surface area contributed by atoms with Crippen LogP contribution in [0.25, 0.3) is 10.9 Å². The number of hydrogen-bond acceptors (Lipinski definition) is 3. The van der Waals surface area contributed by atoms with Crippen LogP contribution in [0.15, 0.2) is 18.2 Å². The van der Waals surface area contributed by atoms with Crippen molar-refractivity contribution < 1.29 is 4.74 Å². The Morgan fingerprint density at radius 2 is 2.18 bits per heavy atom. The fraction of sp³-hybridized carbons (Fsp3) is 0.167. The molecule has 1 aromatic heterocycles. The number of ether oxygens (including phenoxy) is 1. The molecule has 17 heavy (non-hydrogen) atoms. The van der Waals surface area contributed by atoms with E-state index in [2.05, 4.69) is 4.98 Å². The Labute approximate surface area is 110 Å². The van der Waals surface area contributed by atoms with E-state index in [1.54, 1.807) is 25.3 Å². The van der Waals surface area contributed by atoms with Crippen LogP contribution in [0.2, 0.25) is 5.02 Å². The van der Waals surface area contributed by atoms with Crippen molar-refractivity contribution >= 4 is 39.7 Å². The molecule has 2 N–H and O–H groups in total. The van der Waals surface area contributed by atoms with Gasteiger partial charge in [-0.2, -0.15) is 0 Å². The topological polar surface area (TPSA) is 48.1 Å². The van der Waals surface area contributed by atoms with E-state index < -0.39 is 0 Å². The molecule has 0 bridgehead atoms. The predicted molar refractivity (Wildman–Crippen MR) is 73.9 cm³/mol. The van der Waals surface area contributed by atoms with Gasteiger partial charge in [-0.15, -0.1) is 0 Å². The molecule has 0 radical (unpaired) electrons. The summed E-state index contributed by atoms with van der Waals surface area (Å²) >= 11 is 11.2. The van der Waals surface area contributed by atoms with Crippen LogP contribution in [0.4, 0.5) is 0 Å². The number of methoxy groups -OCH3 is 1. The maximum absolute atomic E-state index is 6.23. The largest absolute Gasteiger partial charge is 0.494 e. The summed E-state index contributed by atoms with van der Waals surface area (Å²) in [6.45, 7) is 1.87. The molecule has 2 aromatic rings. The van der Waals surface area contributed by atoms with Crippen molar-refractivity contribution in [2.24, 2.45) is 5.73 Å². The quantitative estimate of drug-likeness (QED) is 0.849. The van der Waals surface area contributed by atoms with Crippen LogP contribution in [0.3, 0.4) is 0 Å². The summed E-state index contributed by atoms with van der Waals surface area (Å²) in [7, 11) is 1.59. The summed E-state index contributed by atoms with van der Waals surface area (Å²) in [6, 6.07) is 5.37. The molecule has 88 valence electrons. The smallest absolute Gasteiger partial charge is 0.145 e. The Hall–Kier alpha value is -1.39. The van der Waals surface area contributed by atoms with E-state index in [9.17, 15) is 0 Å². The van der Waals surface area contributed by atoms with E-state index in [4.69, 9.17) is 34.3 Å². The van der Waals surface area contributed by atoms with Crippen LogP contribution < -0.4 is 10.5 Å². The molecule has 5 heteroatoms. The molecular weight excluding hydrogens is 256 g/mol. The number of thiocarbonyl (C=S) groups is 1. The van der Waals surface area contributed by atoms with Crippen LogP contribution in [-0.2, 0) is 0 Å². The Morgan fingerprint density at radius 1 is 1.47 bits per heavy atom. The summed E-state index contributed by atoms with van der Waals surface area (Å²) in [5, 5.41) is 1.32. The number of nitrogens with two attached hydrogens (primary N) is 1. The first kappa shape index (κ1) is 12.1. The summed E-state index contributed by atoms with van der Waals surface area (Å²) in [4.78, 5) is 4.72. The number of fused-ring (bicyclic) bond motifs is 1. The number of hydrogen-bond donors (Lipinski definition) is 1. The van der Waals surface area contributed by atoms with Crippen LogP contribution in [-0.4, -0.2) is 17.1 Å². The van der Waals surface area contributed by atoms with Gasteiger partial charge in [0.15, 0.2) is 0 Å². The molecule has 0 fully saturated rings. The van der Waals surface area contributed by atoms with Crippen LogP contribution in [0.1, 0.15) is 11.3 Å². The Morgan fingerprint density at radius 3 is 2.76 bits per heavy atom. The van der Waals surface area contributed by atoms with Crippen molar-refractivity contribution in [2.75, 3.05) is 7.11 Å². The highest BCUT2D eigenvalue weighted by molar-refractivity contribution is 7.80. The fourth-order valence-electron chi connectivity index (χ4n) is 1.76. The molecule has 0 unspecified atom stereocenters. The van der Waals surface area contributed by atoms with Gasteiger partial charge in [0.1, 0.15) is 16.3 Å². The van der Waals surface area contributed by atoms with E-state index in [0.717, 1.165) is 11.1 Å². The third-order valence-electron chi connectivity index (χ3n) is 2.49. The third-order valence-corrected chi connectivity index (χ3v) is 3.01. The lowest BCUT2D eigenvalue weighted by Crippen LogP contribution is -2.10. The van der Waals surface area contributed by atoms with Gasteiger partial charge in [-0.1, -0.05) is 23.8 Å². The van der Waals surface area contributed by atoms with E-state index in [0.29, 0.717) is 26.8 Å². The molecule has 0 saturated heterocycles. The lowest BCUT2D eigenvalue weighted by atomic mass is 10.1. The number of nitrogens with zero attached hydrogens (tertiary/aromatic N) is 1. The molecule has 0 aliphatic carbocycles. The Balaban J connectivity index is 2.95. The second-order valence-electron chi connectivity index (χ2n) is 3.65. The van der Waals surface area contributed by atoms with Crippen LogP contribution >= 0.6 is 23.8 Å². The number of pyridine rings is 1. The molecule has 0 aliphatic heterocycles. The van der Waals surface area contributed by atoms with Crippen LogP contribution in [0.5, 0.6) is 5.75 Å². The number of benzene rings is 1. The standard InChI is InChI=1S/C12H11ClN2OS/c1-6-5-8(13)10-7(12(14)17)3-4-9(16-2)11(10)15-6/h3-5H,1-2H3,(H2,14,17). The minimum absolute atomic E-state index is 0.296. The van der Waals surface area contributed by atoms with Gasteiger partial charge >= 0.3 is 0 Å². The first-order valence-electron chi connectivity index (χ1n) is 4.98. The second-order valence-corrected chi connectivity index (χ2v) is 4.50. The van der Waals surface area contributed by atoms with E-state index in [-0.39, 0.29) is 0 Å². The number of aromatic nitrogens is 1. The van der Waals surface area contributed by atoms with Gasteiger partial charge in [0.25, 0.3) is 0 Å². The zero-order valence-electron chi connectivity index (χ0n) is 9.45. The Kier molecular flexibility index (Phi) is 3.17. The van der Waals surface area contributed by atoms with E-state index in [1.165, 1.54) is 0 Å². The number of aryl methyl sites for hydroxylation is 1. The zero-order valence-corrected chi connectivity index (χ0v) is 11.0. The molecule has 0 saturated carbocycles. The molecule has 0 atom stereocenters. The summed E-state index contributed by atoms with van der Waals surface area (Å²) in [5.41, 5.74) is 7.90. The van der Waals surface area contributed by atoms with Gasteiger partial charge in [-0.3, -0.25) is 0 Å². The molecule has 0 amide bonds. The third kappa shape index (κ3) is 2.06. The van der Waals surface area contributed by atoms with E-state index >= 15 is 0 Å². The molecule has 1 heterocycles. The number of rotatable bonds is 2. The minimum atomic E-state index is 0.296. The SMILES string of the molecule is COc1ccc(C(N)=S)c2c(Cl)cc(C)nc12. The summed E-state index contributed by atoms with van der Waals surface area (Å²) in [5.74, 6) is 0.658. The lowest BCUT2D eigenvalue weighted by Gasteiger charge is -2.11. The highest BCUT2D eigenvalue weighted by atomic mass is 35.5. The highest BCUT2D eigenvalue weighted by Gasteiger charge is 2.13. The van der Waals surface area contributed by atoms with Crippen molar-refractivity contribution in [3.8, 4) is 5.75 Å². The fourth-order valence-corrected chi connectivity index (χ4v) is 2.28. The molecule has 2 rings (SSSR count). The number of halogens is 1. The second kappa shape index (κ2) is 4.47. The molecule has 1 aromatic carbocycles. The maximum Gasteiger partial charge on any atom is 0.145 e. The molecule has 0 spiro atoms. The van der Waals surface area contributed by atoms with E-state index in [1.807, 2.05) is 6.92 Å². The van der Waals surface area contributed by atoms with Gasteiger partial charge in [-0.25, -0.2) is 4.98 Å². The van der Waals surface area contributed by atoms with Gasteiger partial charge in [0.05, 0.1) is 12.1 Å². The molecule has 0 aliphatic rings. The molecule has 3 nitrogen and oxygen atoms in total. The average molecular weight is 267 g/mol. The van der Waals surface area contributed by atoms with Gasteiger partial charge in [0.2, 0.25) is 0 Å². The Bertz CT molecular complexity index is 613. The van der Waals surface area contributed by atoms with Crippen molar-refractivity contribution in [1.82, 2.24) is 4.98 Å². The van der Waals surface area contributed by atoms with Crippen molar-refractivity contribution in [1.29, 1.82) is 0 Å². The summed E-state index contributed by atoms with van der Waals surface area (Å²) < 4.78 is 5.27. The summed E-state index contributed by atoms with van der Waals surface area (Å²) in [6.07, 6.45) is 0. The van der Waals surface area contributed by atoms with Gasteiger partial charge < -0.3 is 10.5 Å². The van der Waals surface area contributed by atoms with Gasteiger partial charge in [-0.05, 0) is 25.1 Å². The van der Waals surface area contributed by atoms with Crippen molar-refractivity contribution in [3.63, 3.8) is 0 Å². The maximum atomic E-state index is 6.23.